The van der Waals surface area contributed by atoms with E-state index >= 15 is 0 Å². The summed E-state index contributed by atoms with van der Waals surface area (Å²) in [6.45, 7) is 4.66. The number of aliphatic hydroxyl groups is 1. The van der Waals surface area contributed by atoms with Gasteiger partial charge in [-0.15, -0.1) is 0 Å². The van der Waals surface area contributed by atoms with Gasteiger partial charge in [-0.05, 0) is 58.1 Å². The highest BCUT2D eigenvalue weighted by Gasteiger charge is 2.45. The van der Waals surface area contributed by atoms with Gasteiger partial charge in [-0.25, -0.2) is 15.0 Å². The number of nitrogens with two attached hydrogens (primary N) is 1. The highest BCUT2D eigenvalue weighted by Crippen LogP contribution is 2.39. The molecular weight excluding hydrogens is 474 g/mol. The molecule has 4 atom stereocenters. The van der Waals surface area contributed by atoms with Crippen LogP contribution in [0.5, 0.6) is 5.75 Å². The van der Waals surface area contributed by atoms with Gasteiger partial charge in [-0.3, -0.25) is 4.79 Å². The summed E-state index contributed by atoms with van der Waals surface area (Å²) in [4.78, 5) is 29.9. The minimum Gasteiger partial charge on any atom is -0.492 e. The number of hydrogen-bond donors (Lipinski definition) is 2. The third-order valence-corrected chi connectivity index (χ3v) is 7.44. The van der Waals surface area contributed by atoms with Crippen molar-refractivity contribution >= 4 is 22.9 Å². The number of ether oxygens (including phenoxy) is 2. The van der Waals surface area contributed by atoms with E-state index in [2.05, 4.69) is 19.9 Å². The second-order valence-corrected chi connectivity index (χ2v) is 10.5. The van der Waals surface area contributed by atoms with Crippen molar-refractivity contribution in [1.29, 1.82) is 0 Å². The van der Waals surface area contributed by atoms with Crippen molar-refractivity contribution in [3.05, 3.63) is 42.5 Å². The zero-order chi connectivity index (χ0) is 26.2. The molecule has 0 spiro atoms. The largest absolute Gasteiger partial charge is 0.492 e. The molecule has 1 aromatic carbocycles. The lowest BCUT2D eigenvalue weighted by Gasteiger charge is -2.39. The summed E-state index contributed by atoms with van der Waals surface area (Å²) in [5.41, 5.74) is 6.55. The fourth-order valence-corrected chi connectivity index (χ4v) is 5.37. The predicted molar refractivity (Wildman–Crippen MR) is 138 cm³/mol. The van der Waals surface area contributed by atoms with Crippen LogP contribution in [0.15, 0.2) is 36.9 Å². The average Bonchev–Trinajstić information content (AvgIpc) is 3.24. The molecule has 2 aromatic heterocycles. The fraction of sp³-hybridized carbons (Fsp3) is 0.538. The lowest BCUT2D eigenvalue weighted by atomic mass is 9.82. The Labute approximate surface area is 216 Å². The van der Waals surface area contributed by atoms with E-state index in [4.69, 9.17) is 15.2 Å². The van der Waals surface area contributed by atoms with Crippen molar-refractivity contribution in [2.75, 3.05) is 52.7 Å². The van der Waals surface area contributed by atoms with E-state index in [0.29, 0.717) is 61.7 Å². The number of nitrogen functional groups attached to an aromatic ring is 1. The van der Waals surface area contributed by atoms with E-state index in [0.717, 1.165) is 12.3 Å². The summed E-state index contributed by atoms with van der Waals surface area (Å²) in [6.07, 6.45) is 4.18. The van der Waals surface area contributed by atoms with Crippen molar-refractivity contribution in [2.24, 2.45) is 5.92 Å². The molecule has 198 valence electrons. The molecule has 3 N–H and O–H groups in total. The number of rotatable bonds is 6. The Bertz CT molecular complexity index is 1240. The van der Waals surface area contributed by atoms with E-state index in [1.807, 2.05) is 54.8 Å². The first kappa shape index (κ1) is 25.4. The second kappa shape index (κ2) is 10.2. The molecule has 2 fully saturated rings. The Morgan fingerprint density at radius 3 is 2.81 bits per heavy atom. The topological polar surface area (TPSA) is 132 Å². The van der Waals surface area contributed by atoms with Gasteiger partial charge in [-0.2, -0.15) is 0 Å². The van der Waals surface area contributed by atoms with Crippen LogP contribution in [0.3, 0.4) is 0 Å². The van der Waals surface area contributed by atoms with Gasteiger partial charge in [0.2, 0.25) is 0 Å². The minimum atomic E-state index is -1.11. The summed E-state index contributed by atoms with van der Waals surface area (Å²) in [5.74, 6) is 1.02. The standard InChI is InChI=1S/C26H35N7O4/c1-26(35)12-18-13-32(25(34)17-4-6-19(7-5-17)36-11-10-31(2)3)9-8-20(18)37-14-21(26)33-16-30-22-23(27)28-15-29-24(22)33/h4-7,15-16,18,20-21,35H,8-14H2,1-3H3,(H2,27,28,29)/t18-,20+,21+,26+/m1/s1. The van der Waals surface area contributed by atoms with Gasteiger partial charge in [0.15, 0.2) is 11.5 Å². The third-order valence-electron chi connectivity index (χ3n) is 7.44. The van der Waals surface area contributed by atoms with Crippen molar-refractivity contribution in [3.63, 3.8) is 0 Å². The number of amides is 1. The quantitative estimate of drug-likeness (QED) is 0.508. The van der Waals surface area contributed by atoms with Crippen molar-refractivity contribution in [2.45, 2.75) is 37.5 Å². The maximum atomic E-state index is 13.3. The van der Waals surface area contributed by atoms with Crippen LogP contribution in [-0.4, -0.2) is 99.0 Å². The number of likely N-dealkylation sites (N-methyl/N-ethyl adjacent to an activating group) is 1. The number of anilines is 1. The number of fused-ring (bicyclic) bond motifs is 2. The lowest BCUT2D eigenvalue weighted by Crippen LogP contribution is -2.48. The highest BCUT2D eigenvalue weighted by atomic mass is 16.5. The monoisotopic (exact) mass is 509 g/mol. The normalized spacial score (nSPS) is 26.2. The number of nitrogens with zero attached hydrogens (tertiary/aromatic N) is 6. The SMILES string of the molecule is CN(C)CCOc1ccc(C(=O)N2CC[C@@H]3OC[C@H](n4cnc5c(N)ncnc54)[C@@](C)(O)C[C@@H]3C2)cc1. The molecule has 3 aromatic rings. The molecule has 0 saturated carbocycles. The fourth-order valence-electron chi connectivity index (χ4n) is 5.37. The van der Waals surface area contributed by atoms with Crippen molar-refractivity contribution < 1.29 is 19.4 Å². The van der Waals surface area contributed by atoms with E-state index in [-0.39, 0.29) is 17.9 Å². The van der Waals surface area contributed by atoms with E-state index in [9.17, 15) is 9.90 Å². The highest BCUT2D eigenvalue weighted by molar-refractivity contribution is 5.94. The van der Waals surface area contributed by atoms with Gasteiger partial charge >= 0.3 is 0 Å². The van der Waals surface area contributed by atoms with Crippen LogP contribution >= 0.6 is 0 Å². The number of imidazole rings is 1. The van der Waals surface area contributed by atoms with E-state index < -0.39 is 11.6 Å². The van der Waals surface area contributed by atoms with Crippen LogP contribution in [0, 0.1) is 5.92 Å². The molecule has 2 aliphatic heterocycles. The molecular formula is C26H35N7O4. The molecule has 2 saturated heterocycles. The average molecular weight is 510 g/mol. The van der Waals surface area contributed by atoms with E-state index in [1.54, 1.807) is 6.33 Å². The predicted octanol–water partition coefficient (Wildman–Crippen LogP) is 1.59. The molecule has 4 heterocycles. The summed E-state index contributed by atoms with van der Waals surface area (Å²) >= 11 is 0. The Kier molecular flexibility index (Phi) is 7.02. The Morgan fingerprint density at radius 2 is 2.05 bits per heavy atom. The van der Waals surface area contributed by atoms with Gasteiger partial charge < -0.3 is 34.7 Å². The molecule has 5 rings (SSSR count). The van der Waals surface area contributed by atoms with Crippen LogP contribution < -0.4 is 10.5 Å². The number of aromatic nitrogens is 4. The van der Waals surface area contributed by atoms with Gasteiger partial charge in [-0.1, -0.05) is 0 Å². The molecule has 2 aliphatic rings. The number of hydrogen-bond acceptors (Lipinski definition) is 9. The first-order valence-corrected chi connectivity index (χ1v) is 12.7. The molecule has 11 nitrogen and oxygen atoms in total. The Morgan fingerprint density at radius 1 is 1.27 bits per heavy atom. The molecule has 0 radical (unpaired) electrons. The summed E-state index contributed by atoms with van der Waals surface area (Å²) in [7, 11) is 4.00. The molecule has 0 aliphatic carbocycles. The van der Waals surface area contributed by atoms with Crippen LogP contribution in [0.1, 0.15) is 36.2 Å². The summed E-state index contributed by atoms with van der Waals surface area (Å²) in [5, 5.41) is 11.6. The molecule has 0 bridgehead atoms. The molecule has 37 heavy (non-hydrogen) atoms. The summed E-state index contributed by atoms with van der Waals surface area (Å²) < 4.78 is 13.9. The maximum absolute atomic E-state index is 13.3. The third kappa shape index (κ3) is 5.25. The second-order valence-electron chi connectivity index (χ2n) is 10.5. The van der Waals surface area contributed by atoms with Crippen LogP contribution in [0.2, 0.25) is 0 Å². The molecule has 1 amide bonds. The Balaban J connectivity index is 1.27. The van der Waals surface area contributed by atoms with Crippen LogP contribution in [0.25, 0.3) is 11.2 Å². The summed E-state index contributed by atoms with van der Waals surface area (Å²) in [6, 6.07) is 6.90. The zero-order valence-corrected chi connectivity index (χ0v) is 21.6. The van der Waals surface area contributed by atoms with Gasteiger partial charge in [0.1, 0.15) is 24.2 Å². The Hall–Kier alpha value is -3.28. The first-order chi connectivity index (χ1) is 17.7. The number of carbonyl (C=O) groups is 1. The van der Waals surface area contributed by atoms with Gasteiger partial charge in [0.05, 0.1) is 30.7 Å². The zero-order valence-electron chi connectivity index (χ0n) is 21.6. The van der Waals surface area contributed by atoms with Crippen molar-refractivity contribution in [3.8, 4) is 5.75 Å². The number of carbonyl (C=O) groups excluding carboxylic acids is 1. The lowest BCUT2D eigenvalue weighted by molar-refractivity contribution is -0.0273. The van der Waals surface area contributed by atoms with Crippen LogP contribution in [0.4, 0.5) is 5.82 Å². The number of benzene rings is 1. The number of likely N-dealkylation sites (tertiary alicyclic amines) is 1. The molecule has 0 unspecified atom stereocenters. The van der Waals surface area contributed by atoms with E-state index in [1.165, 1.54) is 6.33 Å². The van der Waals surface area contributed by atoms with Crippen LogP contribution in [-0.2, 0) is 4.74 Å². The van der Waals surface area contributed by atoms with Gasteiger partial charge in [0, 0.05) is 31.1 Å². The maximum Gasteiger partial charge on any atom is 0.253 e. The smallest absolute Gasteiger partial charge is 0.253 e. The van der Waals surface area contributed by atoms with Crippen molar-refractivity contribution in [1.82, 2.24) is 29.3 Å². The van der Waals surface area contributed by atoms with Gasteiger partial charge in [0.25, 0.3) is 5.91 Å². The minimum absolute atomic E-state index is 0.000760. The molecule has 11 heteroatoms. The number of piperidine rings is 1. The first-order valence-electron chi connectivity index (χ1n) is 12.7.